The van der Waals surface area contributed by atoms with E-state index in [1.807, 2.05) is 36.4 Å². The van der Waals surface area contributed by atoms with Crippen LogP contribution in [0.4, 0.5) is 0 Å². The molecule has 122 valence electrons. The zero-order valence-corrected chi connectivity index (χ0v) is 14.7. The highest BCUT2D eigenvalue weighted by atomic mass is 79.9. The third-order valence-corrected chi connectivity index (χ3v) is 4.07. The van der Waals surface area contributed by atoms with Crippen LogP contribution in [0.2, 0.25) is 0 Å². The van der Waals surface area contributed by atoms with E-state index in [-0.39, 0.29) is 5.91 Å². The van der Waals surface area contributed by atoms with Crippen LogP contribution in [0.25, 0.3) is 11.3 Å². The first-order valence-electron chi connectivity index (χ1n) is 7.42. The van der Waals surface area contributed by atoms with Crippen molar-refractivity contribution < 1.29 is 13.9 Å². The van der Waals surface area contributed by atoms with Crippen LogP contribution >= 0.6 is 15.9 Å². The number of ether oxygens (including phenoxy) is 1. The van der Waals surface area contributed by atoms with Gasteiger partial charge in [0.1, 0.15) is 17.3 Å². The Bertz CT molecular complexity index is 840. The van der Waals surface area contributed by atoms with Crippen molar-refractivity contribution in [2.24, 2.45) is 0 Å². The Hall–Kier alpha value is -2.53. The van der Waals surface area contributed by atoms with Crippen LogP contribution in [0, 0.1) is 0 Å². The first-order valence-corrected chi connectivity index (χ1v) is 8.22. The van der Waals surface area contributed by atoms with Crippen molar-refractivity contribution >= 4 is 21.8 Å². The summed E-state index contributed by atoms with van der Waals surface area (Å²) in [6.07, 6.45) is 0. The average Bonchev–Trinajstić information content (AvgIpc) is 3.09. The Morgan fingerprint density at radius 2 is 1.92 bits per heavy atom. The van der Waals surface area contributed by atoms with E-state index >= 15 is 0 Å². The predicted molar refractivity (Wildman–Crippen MR) is 96.0 cm³/mol. The van der Waals surface area contributed by atoms with Crippen molar-refractivity contribution in [1.29, 1.82) is 0 Å². The summed E-state index contributed by atoms with van der Waals surface area (Å²) in [6, 6.07) is 18.7. The summed E-state index contributed by atoms with van der Waals surface area (Å²) < 4.78 is 11.9. The maximum absolute atomic E-state index is 12.2. The minimum absolute atomic E-state index is 0.171. The van der Waals surface area contributed by atoms with E-state index in [1.165, 1.54) is 0 Å². The minimum atomic E-state index is -0.171. The number of amides is 1. The van der Waals surface area contributed by atoms with Gasteiger partial charge in [-0.25, -0.2) is 0 Å². The molecule has 0 radical (unpaired) electrons. The average molecular weight is 386 g/mol. The van der Waals surface area contributed by atoms with Crippen molar-refractivity contribution in [3.8, 4) is 17.1 Å². The van der Waals surface area contributed by atoms with Gasteiger partial charge in [-0.2, -0.15) is 0 Å². The van der Waals surface area contributed by atoms with E-state index in [4.69, 9.17) is 9.15 Å². The number of hydrogen-bond donors (Lipinski definition) is 1. The summed E-state index contributed by atoms with van der Waals surface area (Å²) in [7, 11) is 1.57. The number of rotatable bonds is 5. The molecule has 0 aliphatic heterocycles. The summed E-state index contributed by atoms with van der Waals surface area (Å²) >= 11 is 3.41. The number of benzene rings is 2. The summed E-state index contributed by atoms with van der Waals surface area (Å²) in [4.78, 5) is 12.2. The van der Waals surface area contributed by atoms with Gasteiger partial charge in [-0.05, 0) is 42.5 Å². The van der Waals surface area contributed by atoms with E-state index < -0.39 is 0 Å². The van der Waals surface area contributed by atoms with Crippen LogP contribution in [0.15, 0.2) is 69.6 Å². The highest BCUT2D eigenvalue weighted by Gasteiger charge is 2.09. The standard InChI is InChI=1S/C19H16BrNO3/c1-23-16-4-2-3-14(11-16)19(22)21-12-17-9-10-18(24-17)13-5-7-15(20)8-6-13/h2-11H,12H2,1H3,(H,21,22). The van der Waals surface area contributed by atoms with Crippen molar-refractivity contribution in [1.82, 2.24) is 5.32 Å². The molecular weight excluding hydrogens is 370 g/mol. The van der Waals surface area contributed by atoms with Gasteiger partial charge in [-0.15, -0.1) is 0 Å². The molecule has 0 saturated carbocycles. The molecular formula is C19H16BrNO3. The monoisotopic (exact) mass is 385 g/mol. The maximum atomic E-state index is 12.2. The molecule has 0 unspecified atom stereocenters. The Labute approximate surface area is 148 Å². The summed E-state index contributed by atoms with van der Waals surface area (Å²) in [6.45, 7) is 0.326. The van der Waals surface area contributed by atoms with E-state index in [9.17, 15) is 4.79 Å². The largest absolute Gasteiger partial charge is 0.497 e. The molecule has 0 aliphatic rings. The molecule has 3 aromatic rings. The number of nitrogens with one attached hydrogen (secondary N) is 1. The number of carbonyl (C=O) groups excluding carboxylic acids is 1. The second-order valence-electron chi connectivity index (χ2n) is 5.19. The minimum Gasteiger partial charge on any atom is -0.497 e. The first kappa shape index (κ1) is 16.3. The van der Waals surface area contributed by atoms with Crippen LogP contribution in [-0.2, 0) is 6.54 Å². The third kappa shape index (κ3) is 3.86. The molecule has 4 nitrogen and oxygen atoms in total. The van der Waals surface area contributed by atoms with Gasteiger partial charge >= 0.3 is 0 Å². The predicted octanol–water partition coefficient (Wildman–Crippen LogP) is 4.65. The van der Waals surface area contributed by atoms with Crippen molar-refractivity contribution in [3.05, 3.63) is 76.5 Å². The van der Waals surface area contributed by atoms with E-state index in [0.717, 1.165) is 15.8 Å². The lowest BCUT2D eigenvalue weighted by atomic mass is 10.2. The van der Waals surface area contributed by atoms with E-state index in [0.29, 0.717) is 23.6 Å². The zero-order chi connectivity index (χ0) is 16.9. The van der Waals surface area contributed by atoms with Crippen molar-refractivity contribution in [2.45, 2.75) is 6.54 Å². The molecule has 1 aromatic heterocycles. The summed E-state index contributed by atoms with van der Waals surface area (Å²) in [5.74, 6) is 1.95. The van der Waals surface area contributed by atoms with Crippen LogP contribution in [0.5, 0.6) is 5.75 Å². The molecule has 0 bridgehead atoms. The summed E-state index contributed by atoms with van der Waals surface area (Å²) in [5, 5.41) is 2.84. The van der Waals surface area contributed by atoms with Gasteiger partial charge in [0.05, 0.1) is 13.7 Å². The number of carbonyl (C=O) groups is 1. The number of furan rings is 1. The molecule has 0 saturated heterocycles. The quantitative estimate of drug-likeness (QED) is 0.695. The number of methoxy groups -OCH3 is 1. The van der Waals surface area contributed by atoms with Gasteiger partial charge in [0, 0.05) is 15.6 Å². The molecule has 0 atom stereocenters. The third-order valence-electron chi connectivity index (χ3n) is 3.55. The lowest BCUT2D eigenvalue weighted by molar-refractivity contribution is 0.0948. The van der Waals surface area contributed by atoms with Crippen LogP contribution in [0.1, 0.15) is 16.1 Å². The number of halogens is 1. The molecule has 0 aliphatic carbocycles. The first-order chi connectivity index (χ1) is 11.7. The Kier molecular flexibility index (Phi) is 5.01. The van der Waals surface area contributed by atoms with Crippen LogP contribution < -0.4 is 10.1 Å². The van der Waals surface area contributed by atoms with Crippen LogP contribution in [-0.4, -0.2) is 13.0 Å². The second kappa shape index (κ2) is 7.36. The lowest BCUT2D eigenvalue weighted by Crippen LogP contribution is -2.22. The lowest BCUT2D eigenvalue weighted by Gasteiger charge is -2.05. The normalized spacial score (nSPS) is 10.4. The molecule has 1 N–H and O–H groups in total. The van der Waals surface area contributed by atoms with Gasteiger partial charge in [-0.1, -0.05) is 34.1 Å². The molecule has 0 spiro atoms. The number of hydrogen-bond acceptors (Lipinski definition) is 3. The van der Waals surface area contributed by atoms with Gasteiger partial charge in [0.2, 0.25) is 0 Å². The van der Waals surface area contributed by atoms with E-state index in [2.05, 4.69) is 21.2 Å². The fourth-order valence-electron chi connectivity index (χ4n) is 2.28. The SMILES string of the molecule is COc1cccc(C(=O)NCc2ccc(-c3ccc(Br)cc3)o2)c1. The molecule has 2 aromatic carbocycles. The molecule has 0 fully saturated rings. The summed E-state index contributed by atoms with van der Waals surface area (Å²) in [5.41, 5.74) is 1.54. The molecule has 3 rings (SSSR count). The highest BCUT2D eigenvalue weighted by molar-refractivity contribution is 9.10. The van der Waals surface area contributed by atoms with Crippen LogP contribution in [0.3, 0.4) is 0 Å². The van der Waals surface area contributed by atoms with E-state index in [1.54, 1.807) is 31.4 Å². The topological polar surface area (TPSA) is 51.5 Å². The Morgan fingerprint density at radius 3 is 2.67 bits per heavy atom. The molecule has 1 heterocycles. The van der Waals surface area contributed by atoms with Crippen molar-refractivity contribution in [2.75, 3.05) is 7.11 Å². The Balaban J connectivity index is 1.64. The molecule has 5 heteroatoms. The van der Waals surface area contributed by atoms with Gasteiger partial charge in [0.15, 0.2) is 0 Å². The Morgan fingerprint density at radius 1 is 1.12 bits per heavy atom. The van der Waals surface area contributed by atoms with Gasteiger partial charge in [-0.3, -0.25) is 4.79 Å². The zero-order valence-electron chi connectivity index (χ0n) is 13.1. The van der Waals surface area contributed by atoms with Gasteiger partial charge < -0.3 is 14.5 Å². The maximum Gasteiger partial charge on any atom is 0.251 e. The fourth-order valence-corrected chi connectivity index (χ4v) is 2.54. The van der Waals surface area contributed by atoms with Gasteiger partial charge in [0.25, 0.3) is 5.91 Å². The highest BCUT2D eigenvalue weighted by Crippen LogP contribution is 2.24. The van der Waals surface area contributed by atoms with Crippen molar-refractivity contribution in [3.63, 3.8) is 0 Å². The smallest absolute Gasteiger partial charge is 0.251 e. The molecule has 24 heavy (non-hydrogen) atoms. The fraction of sp³-hybridized carbons (Fsp3) is 0.105. The second-order valence-corrected chi connectivity index (χ2v) is 6.10. The molecule has 1 amide bonds.